The van der Waals surface area contributed by atoms with Crippen LogP contribution in [0.25, 0.3) is 0 Å². The van der Waals surface area contributed by atoms with Crippen LogP contribution >= 0.6 is 0 Å². The molecule has 0 radical (unpaired) electrons. The van der Waals surface area contributed by atoms with E-state index in [0.29, 0.717) is 5.76 Å². The van der Waals surface area contributed by atoms with E-state index in [9.17, 15) is 9.59 Å². The highest BCUT2D eigenvalue weighted by Crippen LogP contribution is 2.19. The van der Waals surface area contributed by atoms with Gasteiger partial charge in [-0.1, -0.05) is 0 Å². The van der Waals surface area contributed by atoms with Crippen molar-refractivity contribution in [1.29, 1.82) is 0 Å². The lowest BCUT2D eigenvalue weighted by atomic mass is 10.2. The number of rotatable bonds is 6. The summed E-state index contributed by atoms with van der Waals surface area (Å²) in [5.74, 6) is -1.60. The van der Waals surface area contributed by atoms with Gasteiger partial charge in [0, 0.05) is 0 Å². The molecule has 0 aliphatic rings. The van der Waals surface area contributed by atoms with E-state index in [1.807, 2.05) is 0 Å². The van der Waals surface area contributed by atoms with Gasteiger partial charge in [-0.3, -0.25) is 14.5 Å². The maximum Gasteiger partial charge on any atom is 0.317 e. The summed E-state index contributed by atoms with van der Waals surface area (Å²) in [6.45, 7) is 1.02. The Hall–Kier alpha value is -1.82. The first kappa shape index (κ1) is 12.3. The van der Waals surface area contributed by atoms with Gasteiger partial charge in [-0.2, -0.15) is 0 Å². The van der Waals surface area contributed by atoms with Gasteiger partial charge >= 0.3 is 11.9 Å². The lowest BCUT2D eigenvalue weighted by Crippen LogP contribution is -2.36. The first-order valence-electron chi connectivity index (χ1n) is 4.71. The number of hydrogen-bond acceptors (Lipinski definition) is 4. The maximum atomic E-state index is 10.6. The Morgan fingerprint density at radius 3 is 2.31 bits per heavy atom. The number of carbonyl (C=O) groups is 2. The Morgan fingerprint density at radius 1 is 1.38 bits per heavy atom. The Morgan fingerprint density at radius 2 is 1.94 bits per heavy atom. The standard InChI is InChI=1S/C10H13NO5/c1-7(8-3-2-4-16-8)11(5-9(12)13)6-10(14)15/h2-4,7H,5-6H2,1H3,(H,12,13)(H,14,15). The van der Waals surface area contributed by atoms with E-state index < -0.39 is 11.9 Å². The van der Waals surface area contributed by atoms with Crippen LogP contribution in [0.4, 0.5) is 0 Å². The molecule has 0 bridgehead atoms. The van der Waals surface area contributed by atoms with E-state index in [1.165, 1.54) is 11.2 Å². The summed E-state index contributed by atoms with van der Waals surface area (Å²) in [6, 6.07) is 2.97. The Labute approximate surface area is 92.1 Å². The summed E-state index contributed by atoms with van der Waals surface area (Å²) >= 11 is 0. The highest BCUT2D eigenvalue weighted by molar-refractivity contribution is 5.72. The molecule has 0 aromatic carbocycles. The van der Waals surface area contributed by atoms with Gasteiger partial charge in [0.2, 0.25) is 0 Å². The molecule has 1 aromatic rings. The fourth-order valence-electron chi connectivity index (χ4n) is 1.39. The third-order valence-corrected chi connectivity index (χ3v) is 2.18. The predicted octanol–water partition coefficient (Wildman–Crippen LogP) is 0.812. The molecule has 0 fully saturated rings. The minimum absolute atomic E-state index is 0.339. The van der Waals surface area contributed by atoms with Crippen LogP contribution in [0.3, 0.4) is 0 Å². The zero-order valence-corrected chi connectivity index (χ0v) is 8.79. The molecule has 6 nitrogen and oxygen atoms in total. The topological polar surface area (TPSA) is 91.0 Å². The molecule has 1 aromatic heterocycles. The fourth-order valence-corrected chi connectivity index (χ4v) is 1.39. The van der Waals surface area contributed by atoms with E-state index in [0.717, 1.165) is 0 Å². The number of aliphatic carboxylic acids is 2. The van der Waals surface area contributed by atoms with Crippen LogP contribution in [0.5, 0.6) is 0 Å². The van der Waals surface area contributed by atoms with Crippen molar-refractivity contribution in [3.63, 3.8) is 0 Å². The van der Waals surface area contributed by atoms with Crippen molar-refractivity contribution in [2.24, 2.45) is 0 Å². The van der Waals surface area contributed by atoms with Crippen LogP contribution in [0, 0.1) is 0 Å². The second kappa shape index (κ2) is 5.32. The molecule has 1 rings (SSSR count). The van der Waals surface area contributed by atoms with Crippen molar-refractivity contribution >= 4 is 11.9 Å². The number of nitrogens with zero attached hydrogens (tertiary/aromatic N) is 1. The maximum absolute atomic E-state index is 10.6. The van der Waals surface area contributed by atoms with Crippen LogP contribution in [0.2, 0.25) is 0 Å². The quantitative estimate of drug-likeness (QED) is 0.747. The van der Waals surface area contributed by atoms with Crippen LogP contribution in [0.15, 0.2) is 22.8 Å². The number of carboxylic acid groups (broad SMARTS) is 2. The summed E-state index contributed by atoms with van der Waals surface area (Å²) in [5, 5.41) is 17.4. The summed E-state index contributed by atoms with van der Waals surface area (Å²) in [4.78, 5) is 22.5. The van der Waals surface area contributed by atoms with Crippen LogP contribution in [-0.2, 0) is 9.59 Å². The Bertz CT molecular complexity index is 343. The van der Waals surface area contributed by atoms with Gasteiger partial charge in [-0.15, -0.1) is 0 Å². The van der Waals surface area contributed by atoms with Crippen molar-refractivity contribution in [3.8, 4) is 0 Å². The van der Waals surface area contributed by atoms with Crippen molar-refractivity contribution in [2.45, 2.75) is 13.0 Å². The third kappa shape index (κ3) is 3.39. The van der Waals surface area contributed by atoms with Crippen molar-refractivity contribution in [3.05, 3.63) is 24.2 Å². The van der Waals surface area contributed by atoms with Gasteiger partial charge in [0.1, 0.15) is 5.76 Å². The Kier molecular flexibility index (Phi) is 4.07. The monoisotopic (exact) mass is 227 g/mol. The van der Waals surface area contributed by atoms with Gasteiger partial charge in [0.15, 0.2) is 0 Å². The largest absolute Gasteiger partial charge is 0.480 e. The van der Waals surface area contributed by atoms with E-state index in [-0.39, 0.29) is 19.1 Å². The molecule has 16 heavy (non-hydrogen) atoms. The third-order valence-electron chi connectivity index (χ3n) is 2.18. The molecule has 0 aliphatic heterocycles. The van der Waals surface area contributed by atoms with E-state index in [4.69, 9.17) is 14.6 Å². The summed E-state index contributed by atoms with van der Waals surface area (Å²) in [5.41, 5.74) is 0. The minimum Gasteiger partial charge on any atom is -0.480 e. The molecule has 1 atom stereocenters. The molecule has 2 N–H and O–H groups in total. The zero-order valence-electron chi connectivity index (χ0n) is 8.79. The predicted molar refractivity (Wildman–Crippen MR) is 54.0 cm³/mol. The summed E-state index contributed by atoms with van der Waals surface area (Å²) in [6.07, 6.45) is 1.46. The molecule has 0 saturated carbocycles. The summed E-state index contributed by atoms with van der Waals surface area (Å²) < 4.78 is 5.11. The average Bonchev–Trinajstić information content (AvgIpc) is 2.66. The SMILES string of the molecule is CC(c1ccco1)N(CC(=O)O)CC(=O)O. The second-order valence-corrected chi connectivity index (χ2v) is 3.38. The number of carboxylic acids is 2. The van der Waals surface area contributed by atoms with E-state index in [2.05, 4.69) is 0 Å². The highest BCUT2D eigenvalue weighted by Gasteiger charge is 2.22. The molecule has 6 heteroatoms. The van der Waals surface area contributed by atoms with Crippen molar-refractivity contribution in [1.82, 2.24) is 4.90 Å². The minimum atomic E-state index is -1.07. The van der Waals surface area contributed by atoms with Crippen molar-refractivity contribution in [2.75, 3.05) is 13.1 Å². The van der Waals surface area contributed by atoms with Gasteiger partial charge in [0.25, 0.3) is 0 Å². The number of hydrogen-bond donors (Lipinski definition) is 2. The summed E-state index contributed by atoms with van der Waals surface area (Å²) in [7, 11) is 0. The van der Waals surface area contributed by atoms with Crippen LogP contribution < -0.4 is 0 Å². The molecule has 1 unspecified atom stereocenters. The fraction of sp³-hybridized carbons (Fsp3) is 0.400. The van der Waals surface area contributed by atoms with Crippen LogP contribution in [-0.4, -0.2) is 40.1 Å². The first-order chi connectivity index (χ1) is 7.50. The van der Waals surface area contributed by atoms with Crippen LogP contribution in [0.1, 0.15) is 18.7 Å². The smallest absolute Gasteiger partial charge is 0.317 e. The van der Waals surface area contributed by atoms with Gasteiger partial charge < -0.3 is 14.6 Å². The number of furan rings is 1. The second-order valence-electron chi connectivity index (χ2n) is 3.38. The van der Waals surface area contributed by atoms with Crippen molar-refractivity contribution < 1.29 is 24.2 Å². The van der Waals surface area contributed by atoms with E-state index in [1.54, 1.807) is 19.1 Å². The molecule has 0 aliphatic carbocycles. The lowest BCUT2D eigenvalue weighted by Gasteiger charge is -2.23. The lowest BCUT2D eigenvalue weighted by molar-refractivity contribution is -0.142. The molecular weight excluding hydrogens is 214 g/mol. The molecule has 0 spiro atoms. The van der Waals surface area contributed by atoms with Gasteiger partial charge in [0.05, 0.1) is 25.4 Å². The van der Waals surface area contributed by atoms with Gasteiger partial charge in [-0.05, 0) is 19.1 Å². The molecule has 1 heterocycles. The molecule has 0 amide bonds. The first-order valence-corrected chi connectivity index (χ1v) is 4.71. The average molecular weight is 227 g/mol. The van der Waals surface area contributed by atoms with Gasteiger partial charge in [-0.25, -0.2) is 0 Å². The normalized spacial score (nSPS) is 12.6. The Balaban J connectivity index is 2.75. The highest BCUT2D eigenvalue weighted by atomic mass is 16.4. The zero-order chi connectivity index (χ0) is 12.1. The van der Waals surface area contributed by atoms with E-state index >= 15 is 0 Å². The molecule has 88 valence electrons. The molecular formula is C10H13NO5. The molecule has 0 saturated heterocycles.